The zero-order chi connectivity index (χ0) is 21.1. The van der Waals surface area contributed by atoms with E-state index in [0.717, 1.165) is 30.5 Å². The van der Waals surface area contributed by atoms with Crippen LogP contribution in [-0.4, -0.2) is 36.1 Å². The summed E-state index contributed by atoms with van der Waals surface area (Å²) in [4.78, 5) is 39.8. The molecule has 0 saturated heterocycles. The number of aromatic nitrogens is 1. The minimum absolute atomic E-state index is 0.0240. The molecule has 0 bridgehead atoms. The van der Waals surface area contributed by atoms with Crippen LogP contribution in [0, 0.1) is 18.8 Å². The highest BCUT2D eigenvalue weighted by Gasteiger charge is 2.40. The van der Waals surface area contributed by atoms with E-state index in [0.29, 0.717) is 25.1 Å². The minimum atomic E-state index is -0.527. The molecule has 158 valence electrons. The number of carbonyl (C=O) groups excluding carboxylic acids is 3. The summed E-state index contributed by atoms with van der Waals surface area (Å²) in [5.74, 6) is -1.12. The summed E-state index contributed by atoms with van der Waals surface area (Å²) in [6.07, 6.45) is 3.84. The van der Waals surface area contributed by atoms with E-state index in [1.54, 1.807) is 17.9 Å². The number of para-hydroxylation sites is 1. The highest BCUT2D eigenvalue weighted by Crippen LogP contribution is 2.36. The lowest BCUT2D eigenvalue weighted by Crippen LogP contribution is -2.42. The molecule has 1 aromatic carbocycles. The number of carbonyl (C=O) groups is 3. The third-order valence-corrected chi connectivity index (χ3v) is 5.78. The average molecular weight is 411 g/mol. The van der Waals surface area contributed by atoms with Gasteiger partial charge in [-0.2, -0.15) is 0 Å². The van der Waals surface area contributed by atoms with Crippen LogP contribution in [0.3, 0.4) is 0 Å². The molecular weight excluding hydrogens is 386 g/mol. The SMILES string of the molecule is Cc1cc(NC(=O)COC(=O)C2CCCCC2C(=O)N2CCc3ccccc32)no1. The molecule has 1 aliphatic heterocycles. The second-order valence-electron chi connectivity index (χ2n) is 7.84. The van der Waals surface area contributed by atoms with Crippen LogP contribution in [0.4, 0.5) is 11.5 Å². The zero-order valence-corrected chi connectivity index (χ0v) is 16.9. The summed E-state index contributed by atoms with van der Waals surface area (Å²) >= 11 is 0. The third kappa shape index (κ3) is 4.22. The molecule has 2 heterocycles. The number of nitrogens with one attached hydrogen (secondary N) is 1. The predicted molar refractivity (Wildman–Crippen MR) is 109 cm³/mol. The Morgan fingerprint density at radius 1 is 1.20 bits per heavy atom. The molecule has 1 saturated carbocycles. The molecule has 30 heavy (non-hydrogen) atoms. The van der Waals surface area contributed by atoms with Crippen LogP contribution in [0.15, 0.2) is 34.9 Å². The summed E-state index contributed by atoms with van der Waals surface area (Å²) in [5.41, 5.74) is 2.09. The lowest BCUT2D eigenvalue weighted by molar-refractivity contribution is -0.156. The van der Waals surface area contributed by atoms with Gasteiger partial charge in [-0.15, -0.1) is 0 Å². The molecule has 4 rings (SSSR count). The van der Waals surface area contributed by atoms with Gasteiger partial charge in [-0.3, -0.25) is 14.4 Å². The Kier molecular flexibility index (Phi) is 5.83. The number of anilines is 2. The van der Waals surface area contributed by atoms with Crippen molar-refractivity contribution in [3.63, 3.8) is 0 Å². The molecule has 1 aromatic heterocycles. The monoisotopic (exact) mass is 411 g/mol. The van der Waals surface area contributed by atoms with Crippen LogP contribution < -0.4 is 10.2 Å². The molecule has 1 fully saturated rings. The standard InChI is InChI=1S/C22H25N3O5/c1-14-12-19(24-30-14)23-20(26)13-29-22(28)17-8-4-3-7-16(17)21(27)25-11-10-15-6-2-5-9-18(15)25/h2,5-6,9,12,16-17H,3-4,7-8,10-11,13H2,1H3,(H,23,24,26). The number of nitrogens with zero attached hydrogens (tertiary/aromatic N) is 2. The van der Waals surface area contributed by atoms with Gasteiger partial charge in [0, 0.05) is 18.3 Å². The number of rotatable bonds is 5. The van der Waals surface area contributed by atoms with Crippen LogP contribution in [0.5, 0.6) is 0 Å². The topological polar surface area (TPSA) is 102 Å². The first-order valence-corrected chi connectivity index (χ1v) is 10.3. The molecule has 0 spiro atoms. The smallest absolute Gasteiger partial charge is 0.310 e. The van der Waals surface area contributed by atoms with Crippen molar-refractivity contribution in [3.05, 3.63) is 41.7 Å². The van der Waals surface area contributed by atoms with Crippen molar-refractivity contribution in [2.24, 2.45) is 11.8 Å². The lowest BCUT2D eigenvalue weighted by Gasteiger charge is -2.32. The van der Waals surface area contributed by atoms with Gasteiger partial charge < -0.3 is 19.5 Å². The number of hydrogen-bond acceptors (Lipinski definition) is 6. The number of fused-ring (bicyclic) bond motifs is 1. The van der Waals surface area contributed by atoms with Crippen molar-refractivity contribution in [1.82, 2.24) is 5.16 Å². The number of aryl methyl sites for hydroxylation is 1. The van der Waals surface area contributed by atoms with E-state index in [9.17, 15) is 14.4 Å². The van der Waals surface area contributed by atoms with Gasteiger partial charge >= 0.3 is 5.97 Å². The van der Waals surface area contributed by atoms with E-state index in [2.05, 4.69) is 10.5 Å². The maximum Gasteiger partial charge on any atom is 0.310 e. The fourth-order valence-corrected chi connectivity index (χ4v) is 4.32. The Balaban J connectivity index is 1.37. The first-order chi connectivity index (χ1) is 14.5. The Morgan fingerprint density at radius 2 is 1.97 bits per heavy atom. The van der Waals surface area contributed by atoms with Gasteiger partial charge in [-0.25, -0.2) is 0 Å². The zero-order valence-electron chi connectivity index (χ0n) is 16.9. The maximum absolute atomic E-state index is 13.3. The summed E-state index contributed by atoms with van der Waals surface area (Å²) < 4.78 is 10.1. The Hall–Kier alpha value is -3.16. The molecule has 1 aliphatic carbocycles. The fourth-order valence-electron chi connectivity index (χ4n) is 4.32. The van der Waals surface area contributed by atoms with Crippen LogP contribution >= 0.6 is 0 Å². The second kappa shape index (κ2) is 8.69. The van der Waals surface area contributed by atoms with E-state index in [4.69, 9.17) is 9.26 Å². The fraction of sp³-hybridized carbons (Fsp3) is 0.455. The number of benzene rings is 1. The molecule has 2 unspecified atom stereocenters. The third-order valence-electron chi connectivity index (χ3n) is 5.78. The van der Waals surface area contributed by atoms with Crippen LogP contribution in [-0.2, 0) is 25.5 Å². The minimum Gasteiger partial charge on any atom is -0.455 e. The number of hydrogen-bond donors (Lipinski definition) is 1. The van der Waals surface area contributed by atoms with Crippen molar-refractivity contribution in [2.45, 2.75) is 39.0 Å². The quantitative estimate of drug-likeness (QED) is 0.759. The average Bonchev–Trinajstić information content (AvgIpc) is 3.37. The highest BCUT2D eigenvalue weighted by molar-refractivity contribution is 5.99. The van der Waals surface area contributed by atoms with E-state index >= 15 is 0 Å². The largest absolute Gasteiger partial charge is 0.455 e. The normalized spacial score (nSPS) is 20.5. The van der Waals surface area contributed by atoms with Gasteiger partial charge in [0.25, 0.3) is 5.91 Å². The number of ether oxygens (including phenoxy) is 1. The van der Waals surface area contributed by atoms with Crippen molar-refractivity contribution in [3.8, 4) is 0 Å². The van der Waals surface area contributed by atoms with Gasteiger partial charge in [-0.05, 0) is 37.8 Å². The Morgan fingerprint density at radius 3 is 2.73 bits per heavy atom. The molecule has 8 nitrogen and oxygen atoms in total. The van der Waals surface area contributed by atoms with Gasteiger partial charge in [0.2, 0.25) is 5.91 Å². The van der Waals surface area contributed by atoms with Crippen molar-refractivity contribution in [2.75, 3.05) is 23.4 Å². The molecular formula is C22H25N3O5. The molecule has 2 atom stereocenters. The molecule has 1 N–H and O–H groups in total. The first kappa shape index (κ1) is 20.1. The van der Waals surface area contributed by atoms with Crippen molar-refractivity contribution < 1.29 is 23.6 Å². The van der Waals surface area contributed by atoms with E-state index in [-0.39, 0.29) is 11.7 Å². The Bertz CT molecular complexity index is 954. The Labute approximate surface area is 174 Å². The van der Waals surface area contributed by atoms with Crippen LogP contribution in [0.2, 0.25) is 0 Å². The van der Waals surface area contributed by atoms with Gasteiger partial charge in [-0.1, -0.05) is 36.2 Å². The predicted octanol–water partition coefficient (Wildman–Crippen LogP) is 2.86. The maximum atomic E-state index is 13.3. The highest BCUT2D eigenvalue weighted by atomic mass is 16.5. The summed E-state index contributed by atoms with van der Waals surface area (Å²) in [5, 5.41) is 6.19. The molecule has 2 aromatic rings. The van der Waals surface area contributed by atoms with Gasteiger partial charge in [0.1, 0.15) is 5.76 Å². The second-order valence-corrected chi connectivity index (χ2v) is 7.84. The van der Waals surface area contributed by atoms with Crippen LogP contribution in [0.1, 0.15) is 37.0 Å². The number of amides is 2. The summed E-state index contributed by atoms with van der Waals surface area (Å²) in [7, 11) is 0. The molecule has 2 amide bonds. The summed E-state index contributed by atoms with van der Waals surface area (Å²) in [6.45, 7) is 1.92. The lowest BCUT2D eigenvalue weighted by atomic mass is 9.78. The molecule has 2 aliphatic rings. The van der Waals surface area contributed by atoms with E-state index in [1.807, 2.05) is 24.3 Å². The molecule has 0 radical (unpaired) electrons. The number of esters is 1. The van der Waals surface area contributed by atoms with Gasteiger partial charge in [0.05, 0.1) is 11.8 Å². The molecule has 8 heteroatoms. The van der Waals surface area contributed by atoms with Crippen LogP contribution in [0.25, 0.3) is 0 Å². The van der Waals surface area contributed by atoms with Crippen molar-refractivity contribution >= 4 is 29.3 Å². The van der Waals surface area contributed by atoms with E-state index in [1.165, 1.54) is 0 Å². The van der Waals surface area contributed by atoms with Gasteiger partial charge in [0.15, 0.2) is 12.4 Å². The van der Waals surface area contributed by atoms with Crippen molar-refractivity contribution in [1.29, 1.82) is 0 Å². The summed E-state index contributed by atoms with van der Waals surface area (Å²) in [6, 6.07) is 9.45. The first-order valence-electron chi connectivity index (χ1n) is 10.3. The van der Waals surface area contributed by atoms with E-state index < -0.39 is 30.3 Å².